The lowest BCUT2D eigenvalue weighted by molar-refractivity contribution is -0.137. The maximum atomic E-state index is 12.6. The largest absolute Gasteiger partial charge is 0.493 e. The van der Waals surface area contributed by atoms with Crippen LogP contribution in [0.4, 0.5) is 13.2 Å². The molecule has 0 bridgehead atoms. The summed E-state index contributed by atoms with van der Waals surface area (Å²) >= 11 is 0. The van der Waals surface area contributed by atoms with E-state index in [2.05, 4.69) is 0 Å². The van der Waals surface area contributed by atoms with Gasteiger partial charge < -0.3 is 24.1 Å². The second-order valence-corrected chi connectivity index (χ2v) is 5.75. The lowest BCUT2D eigenvalue weighted by Crippen LogP contribution is -2.22. The fourth-order valence-electron chi connectivity index (χ4n) is 2.54. The number of ether oxygens (including phenoxy) is 4. The minimum atomic E-state index is -4.42. The Kier molecular flexibility index (Phi) is 6.43. The van der Waals surface area contributed by atoms with Crippen LogP contribution >= 0.6 is 0 Å². The zero-order chi connectivity index (χ0) is 20.2. The van der Waals surface area contributed by atoms with Gasteiger partial charge in [-0.3, -0.25) is 0 Å². The molecule has 27 heavy (non-hydrogen) atoms. The summed E-state index contributed by atoms with van der Waals surface area (Å²) in [6.07, 6.45) is -6.25. The monoisotopic (exact) mass is 386 g/mol. The van der Waals surface area contributed by atoms with Crippen molar-refractivity contribution in [3.63, 3.8) is 0 Å². The first kappa shape index (κ1) is 20.7. The van der Waals surface area contributed by atoms with E-state index in [9.17, 15) is 18.3 Å². The van der Waals surface area contributed by atoms with Crippen LogP contribution in [0.5, 0.6) is 23.0 Å². The van der Waals surface area contributed by atoms with Gasteiger partial charge in [-0.1, -0.05) is 0 Å². The summed E-state index contributed by atoms with van der Waals surface area (Å²) in [4.78, 5) is 0. The summed E-state index contributed by atoms with van der Waals surface area (Å²) in [7, 11) is 4.37. The summed E-state index contributed by atoms with van der Waals surface area (Å²) in [5.41, 5.74) is -0.323. The molecule has 2 rings (SSSR count). The van der Waals surface area contributed by atoms with Gasteiger partial charge in [0.15, 0.2) is 11.5 Å². The molecule has 5 nitrogen and oxygen atoms in total. The highest BCUT2D eigenvalue weighted by atomic mass is 19.4. The molecule has 0 heterocycles. The summed E-state index contributed by atoms with van der Waals surface area (Å²) in [6, 6.07) is 7.43. The molecule has 0 amide bonds. The number of aliphatic hydroxyl groups is 1. The van der Waals surface area contributed by atoms with Crippen molar-refractivity contribution in [3.8, 4) is 23.0 Å². The Bertz CT molecular complexity index is 734. The van der Waals surface area contributed by atoms with Crippen molar-refractivity contribution >= 4 is 0 Å². The van der Waals surface area contributed by atoms with Crippen LogP contribution in [-0.2, 0) is 6.18 Å². The van der Waals surface area contributed by atoms with Gasteiger partial charge in [-0.2, -0.15) is 13.2 Å². The number of benzene rings is 2. The van der Waals surface area contributed by atoms with Crippen LogP contribution in [0.1, 0.15) is 24.2 Å². The van der Waals surface area contributed by atoms with Crippen molar-refractivity contribution in [2.24, 2.45) is 0 Å². The van der Waals surface area contributed by atoms with Gasteiger partial charge in [0, 0.05) is 0 Å². The fourth-order valence-corrected chi connectivity index (χ4v) is 2.54. The number of aliphatic hydroxyl groups excluding tert-OH is 1. The molecule has 0 aliphatic carbocycles. The molecule has 8 heteroatoms. The SMILES string of the molecule is COc1cc(C(O)C(C)Oc2ccc(C(F)(F)F)cc2)cc(OC)c1OC. The molecule has 0 aromatic heterocycles. The molecule has 0 aliphatic rings. The first-order chi connectivity index (χ1) is 12.7. The van der Waals surface area contributed by atoms with Crippen LogP contribution < -0.4 is 18.9 Å². The van der Waals surface area contributed by atoms with E-state index in [1.807, 2.05) is 0 Å². The quantitative estimate of drug-likeness (QED) is 0.772. The zero-order valence-corrected chi connectivity index (χ0v) is 15.3. The van der Waals surface area contributed by atoms with E-state index >= 15 is 0 Å². The third kappa shape index (κ3) is 4.77. The molecule has 2 aromatic rings. The van der Waals surface area contributed by atoms with Crippen LogP contribution in [-0.4, -0.2) is 32.5 Å². The Morgan fingerprint density at radius 3 is 1.81 bits per heavy atom. The standard InChI is InChI=1S/C19H21F3O5/c1-11(27-14-7-5-13(6-8-14)19(20,21)22)17(23)12-9-15(24-2)18(26-4)16(10-12)25-3/h5-11,17,23H,1-4H3. The van der Waals surface area contributed by atoms with Gasteiger partial charge in [-0.25, -0.2) is 0 Å². The van der Waals surface area contributed by atoms with E-state index < -0.39 is 23.9 Å². The molecule has 0 fully saturated rings. The minimum Gasteiger partial charge on any atom is -0.493 e. The van der Waals surface area contributed by atoms with Gasteiger partial charge in [0.1, 0.15) is 18.0 Å². The molecule has 2 unspecified atom stereocenters. The Hall–Kier alpha value is -2.61. The van der Waals surface area contributed by atoms with Crippen molar-refractivity contribution in [1.82, 2.24) is 0 Å². The second-order valence-electron chi connectivity index (χ2n) is 5.75. The summed E-state index contributed by atoms with van der Waals surface area (Å²) < 4.78 is 59.2. The average Bonchev–Trinajstić information content (AvgIpc) is 2.65. The summed E-state index contributed by atoms with van der Waals surface area (Å²) in [6.45, 7) is 1.60. The molecule has 0 radical (unpaired) electrons. The molecule has 0 saturated carbocycles. The van der Waals surface area contributed by atoms with E-state index in [-0.39, 0.29) is 5.75 Å². The minimum absolute atomic E-state index is 0.210. The topological polar surface area (TPSA) is 57.2 Å². The normalized spacial score (nSPS) is 13.6. The molecule has 1 N–H and O–H groups in total. The van der Waals surface area contributed by atoms with E-state index in [1.54, 1.807) is 19.1 Å². The maximum absolute atomic E-state index is 12.6. The van der Waals surface area contributed by atoms with Crippen molar-refractivity contribution in [2.45, 2.75) is 25.3 Å². The number of halogens is 3. The van der Waals surface area contributed by atoms with Crippen LogP contribution in [0.3, 0.4) is 0 Å². The molecule has 2 atom stereocenters. The number of hydrogen-bond donors (Lipinski definition) is 1. The van der Waals surface area contributed by atoms with Gasteiger partial charge >= 0.3 is 6.18 Å². The predicted octanol–water partition coefficient (Wildman–Crippen LogP) is 4.23. The molecule has 0 spiro atoms. The predicted molar refractivity (Wildman–Crippen MR) is 92.6 cm³/mol. The molecular formula is C19H21F3O5. The molecule has 0 saturated heterocycles. The van der Waals surface area contributed by atoms with Gasteiger partial charge in [-0.15, -0.1) is 0 Å². The van der Waals surface area contributed by atoms with Crippen LogP contribution in [0.15, 0.2) is 36.4 Å². The van der Waals surface area contributed by atoms with Crippen LogP contribution in [0.25, 0.3) is 0 Å². The van der Waals surface area contributed by atoms with E-state index in [4.69, 9.17) is 18.9 Å². The maximum Gasteiger partial charge on any atom is 0.416 e. The lowest BCUT2D eigenvalue weighted by atomic mass is 10.0. The van der Waals surface area contributed by atoms with Gasteiger partial charge in [0.05, 0.1) is 26.9 Å². The van der Waals surface area contributed by atoms with Crippen molar-refractivity contribution in [1.29, 1.82) is 0 Å². The molecular weight excluding hydrogens is 365 g/mol. The van der Waals surface area contributed by atoms with Crippen molar-refractivity contribution in [3.05, 3.63) is 47.5 Å². The number of rotatable bonds is 7. The molecule has 0 aliphatic heterocycles. The third-order valence-electron chi connectivity index (χ3n) is 3.98. The van der Waals surface area contributed by atoms with Crippen LogP contribution in [0, 0.1) is 0 Å². The number of methoxy groups -OCH3 is 3. The zero-order valence-electron chi connectivity index (χ0n) is 15.3. The number of alkyl halides is 3. The first-order valence-electron chi connectivity index (χ1n) is 8.03. The third-order valence-corrected chi connectivity index (χ3v) is 3.98. The molecule has 148 valence electrons. The van der Waals surface area contributed by atoms with Gasteiger partial charge in [0.2, 0.25) is 5.75 Å². The van der Waals surface area contributed by atoms with Crippen molar-refractivity contribution < 1.29 is 37.2 Å². The van der Waals surface area contributed by atoms with E-state index in [1.165, 1.54) is 33.5 Å². The average molecular weight is 386 g/mol. The Balaban J connectivity index is 2.20. The Morgan fingerprint density at radius 1 is 0.889 bits per heavy atom. The highest BCUT2D eigenvalue weighted by Crippen LogP contribution is 2.40. The summed E-state index contributed by atoms with van der Waals surface area (Å²) in [5, 5.41) is 10.6. The smallest absolute Gasteiger partial charge is 0.416 e. The second kappa shape index (κ2) is 8.39. The highest BCUT2D eigenvalue weighted by Gasteiger charge is 2.30. The van der Waals surface area contributed by atoms with Gasteiger partial charge in [0.25, 0.3) is 0 Å². The van der Waals surface area contributed by atoms with E-state index in [0.717, 1.165) is 12.1 Å². The van der Waals surface area contributed by atoms with E-state index in [0.29, 0.717) is 22.8 Å². The van der Waals surface area contributed by atoms with Gasteiger partial charge in [-0.05, 0) is 48.9 Å². The Labute approximate surface area is 155 Å². The van der Waals surface area contributed by atoms with Crippen molar-refractivity contribution in [2.75, 3.05) is 21.3 Å². The fraction of sp³-hybridized carbons (Fsp3) is 0.368. The molecule has 2 aromatic carbocycles. The lowest BCUT2D eigenvalue weighted by Gasteiger charge is -2.23. The Morgan fingerprint density at radius 2 is 1.41 bits per heavy atom. The number of hydrogen-bond acceptors (Lipinski definition) is 5. The summed E-state index contributed by atoms with van der Waals surface area (Å²) in [5.74, 6) is 1.33. The highest BCUT2D eigenvalue weighted by molar-refractivity contribution is 5.54. The first-order valence-corrected chi connectivity index (χ1v) is 8.03. The van der Waals surface area contributed by atoms with Crippen LogP contribution in [0.2, 0.25) is 0 Å².